The summed E-state index contributed by atoms with van der Waals surface area (Å²) in [4.78, 5) is 6.60. The number of aryl methyl sites for hydroxylation is 1. The van der Waals surface area contributed by atoms with Crippen molar-refractivity contribution < 1.29 is 0 Å². The standard InChI is InChI=1S/C16H15ClN2/c1-11-5-2-6-12(17)15(11)16(13-7-3-9-18-13)14-8-4-10-19-14/h2-10,16,18-19H,1H3. The van der Waals surface area contributed by atoms with Gasteiger partial charge in [0.05, 0.1) is 5.92 Å². The van der Waals surface area contributed by atoms with E-state index in [1.165, 1.54) is 5.56 Å². The molecule has 1 aromatic carbocycles. The summed E-state index contributed by atoms with van der Waals surface area (Å²) >= 11 is 6.43. The maximum absolute atomic E-state index is 6.43. The minimum absolute atomic E-state index is 0.110. The Kier molecular flexibility index (Phi) is 3.18. The van der Waals surface area contributed by atoms with Gasteiger partial charge in [0.2, 0.25) is 0 Å². The highest BCUT2D eigenvalue weighted by Gasteiger charge is 2.22. The van der Waals surface area contributed by atoms with E-state index in [1.54, 1.807) is 0 Å². The van der Waals surface area contributed by atoms with E-state index in [1.807, 2.05) is 36.7 Å². The number of hydrogen-bond donors (Lipinski definition) is 2. The molecule has 96 valence electrons. The lowest BCUT2D eigenvalue weighted by Gasteiger charge is -2.19. The van der Waals surface area contributed by atoms with Crippen LogP contribution in [0.3, 0.4) is 0 Å². The molecule has 2 N–H and O–H groups in total. The van der Waals surface area contributed by atoms with E-state index >= 15 is 0 Å². The van der Waals surface area contributed by atoms with Gasteiger partial charge in [-0.05, 0) is 48.4 Å². The molecule has 0 aliphatic carbocycles. The third kappa shape index (κ3) is 2.20. The third-order valence-corrected chi connectivity index (χ3v) is 3.76. The first-order valence-corrected chi connectivity index (χ1v) is 6.67. The summed E-state index contributed by atoms with van der Waals surface area (Å²) in [5.41, 5.74) is 4.62. The molecule has 3 rings (SSSR count). The van der Waals surface area contributed by atoms with E-state index in [2.05, 4.69) is 35.1 Å². The van der Waals surface area contributed by atoms with Crippen LogP contribution in [0.1, 0.15) is 28.4 Å². The van der Waals surface area contributed by atoms with Crippen LogP contribution in [0.15, 0.2) is 54.9 Å². The second kappa shape index (κ2) is 4.98. The lowest BCUT2D eigenvalue weighted by Crippen LogP contribution is -2.07. The summed E-state index contributed by atoms with van der Waals surface area (Å²) in [6.07, 6.45) is 3.88. The number of hydrogen-bond acceptors (Lipinski definition) is 0. The van der Waals surface area contributed by atoms with E-state index in [0.29, 0.717) is 0 Å². The average Bonchev–Trinajstić information content (AvgIpc) is 3.07. The first-order chi connectivity index (χ1) is 9.27. The van der Waals surface area contributed by atoms with E-state index in [-0.39, 0.29) is 5.92 Å². The molecule has 0 saturated carbocycles. The monoisotopic (exact) mass is 270 g/mol. The van der Waals surface area contributed by atoms with Crippen LogP contribution in [0.4, 0.5) is 0 Å². The highest BCUT2D eigenvalue weighted by atomic mass is 35.5. The zero-order valence-corrected chi connectivity index (χ0v) is 11.4. The number of rotatable bonds is 3. The fourth-order valence-corrected chi connectivity index (χ4v) is 2.87. The lowest BCUT2D eigenvalue weighted by atomic mass is 9.89. The highest BCUT2D eigenvalue weighted by Crippen LogP contribution is 2.36. The molecular formula is C16H15ClN2. The quantitative estimate of drug-likeness (QED) is 0.703. The van der Waals surface area contributed by atoms with Crippen LogP contribution < -0.4 is 0 Å². The number of H-pyrrole nitrogens is 2. The Morgan fingerprint density at radius 3 is 2.00 bits per heavy atom. The largest absolute Gasteiger partial charge is 0.364 e. The fourth-order valence-electron chi connectivity index (χ4n) is 2.54. The Balaban J connectivity index is 2.21. The van der Waals surface area contributed by atoms with Gasteiger partial charge in [-0.15, -0.1) is 0 Å². The fraction of sp³-hybridized carbons (Fsp3) is 0.125. The van der Waals surface area contributed by atoms with E-state index in [9.17, 15) is 0 Å². The molecule has 0 aliphatic rings. The Bertz CT molecular complexity index is 600. The van der Waals surface area contributed by atoms with Crippen LogP contribution in [0.2, 0.25) is 5.02 Å². The van der Waals surface area contributed by atoms with Crippen molar-refractivity contribution in [1.29, 1.82) is 0 Å². The van der Waals surface area contributed by atoms with Crippen LogP contribution in [0.5, 0.6) is 0 Å². The third-order valence-electron chi connectivity index (χ3n) is 3.43. The Morgan fingerprint density at radius 1 is 0.895 bits per heavy atom. The summed E-state index contributed by atoms with van der Waals surface area (Å²) < 4.78 is 0. The van der Waals surface area contributed by atoms with Gasteiger partial charge in [-0.1, -0.05) is 23.7 Å². The Morgan fingerprint density at radius 2 is 1.53 bits per heavy atom. The van der Waals surface area contributed by atoms with Crippen LogP contribution >= 0.6 is 11.6 Å². The van der Waals surface area contributed by atoms with Crippen LogP contribution in [-0.2, 0) is 0 Å². The molecule has 0 fully saturated rings. The zero-order chi connectivity index (χ0) is 13.2. The topological polar surface area (TPSA) is 31.6 Å². The molecule has 0 atom stereocenters. The molecule has 0 bridgehead atoms. The normalized spacial score (nSPS) is 11.1. The first kappa shape index (κ1) is 12.1. The van der Waals surface area contributed by atoms with Gasteiger partial charge in [0.1, 0.15) is 0 Å². The molecule has 2 aromatic heterocycles. The zero-order valence-electron chi connectivity index (χ0n) is 10.7. The molecule has 3 aromatic rings. The van der Waals surface area contributed by atoms with Crippen molar-refractivity contribution in [2.75, 3.05) is 0 Å². The smallest absolute Gasteiger partial charge is 0.0658 e. The summed E-state index contributed by atoms with van der Waals surface area (Å²) in [5, 5.41) is 0.800. The molecule has 0 radical (unpaired) electrons. The van der Waals surface area contributed by atoms with Crippen LogP contribution in [0.25, 0.3) is 0 Å². The molecule has 0 spiro atoms. The van der Waals surface area contributed by atoms with Crippen molar-refractivity contribution >= 4 is 11.6 Å². The number of aromatic nitrogens is 2. The molecule has 0 unspecified atom stereocenters. The molecular weight excluding hydrogens is 256 g/mol. The highest BCUT2D eigenvalue weighted by molar-refractivity contribution is 6.31. The first-order valence-electron chi connectivity index (χ1n) is 6.29. The number of aromatic amines is 2. The minimum Gasteiger partial charge on any atom is -0.364 e. The maximum Gasteiger partial charge on any atom is 0.0658 e. The van der Waals surface area contributed by atoms with Gasteiger partial charge in [-0.2, -0.15) is 0 Å². The van der Waals surface area contributed by atoms with Crippen molar-refractivity contribution in [2.45, 2.75) is 12.8 Å². The lowest BCUT2D eigenvalue weighted by molar-refractivity contribution is 0.889. The molecule has 2 nitrogen and oxygen atoms in total. The van der Waals surface area contributed by atoms with Gasteiger partial charge in [0, 0.05) is 28.8 Å². The van der Waals surface area contributed by atoms with E-state index in [0.717, 1.165) is 22.0 Å². The Labute approximate surface area is 117 Å². The van der Waals surface area contributed by atoms with Crippen molar-refractivity contribution in [3.63, 3.8) is 0 Å². The van der Waals surface area contributed by atoms with Gasteiger partial charge in [0.15, 0.2) is 0 Å². The summed E-state index contributed by atoms with van der Waals surface area (Å²) in [7, 11) is 0. The van der Waals surface area contributed by atoms with Crippen molar-refractivity contribution in [2.24, 2.45) is 0 Å². The molecule has 3 heteroatoms. The predicted molar refractivity (Wildman–Crippen MR) is 78.7 cm³/mol. The average molecular weight is 271 g/mol. The molecule has 0 aliphatic heterocycles. The van der Waals surface area contributed by atoms with Gasteiger partial charge < -0.3 is 9.97 Å². The number of halogens is 1. The van der Waals surface area contributed by atoms with Gasteiger partial charge in [-0.3, -0.25) is 0 Å². The molecule has 19 heavy (non-hydrogen) atoms. The molecule has 0 saturated heterocycles. The second-order valence-corrected chi connectivity index (χ2v) is 5.06. The second-order valence-electron chi connectivity index (χ2n) is 4.65. The van der Waals surface area contributed by atoms with Gasteiger partial charge in [0.25, 0.3) is 0 Å². The van der Waals surface area contributed by atoms with Gasteiger partial charge in [-0.25, -0.2) is 0 Å². The SMILES string of the molecule is Cc1cccc(Cl)c1C(c1ccc[nH]1)c1ccc[nH]1. The van der Waals surface area contributed by atoms with Gasteiger partial charge >= 0.3 is 0 Å². The summed E-state index contributed by atoms with van der Waals surface area (Å²) in [5.74, 6) is 0.110. The van der Waals surface area contributed by atoms with E-state index < -0.39 is 0 Å². The van der Waals surface area contributed by atoms with E-state index in [4.69, 9.17) is 11.6 Å². The van der Waals surface area contributed by atoms with Crippen molar-refractivity contribution in [1.82, 2.24) is 9.97 Å². The number of benzene rings is 1. The summed E-state index contributed by atoms with van der Waals surface area (Å²) in [6.45, 7) is 2.10. The molecule has 2 heterocycles. The van der Waals surface area contributed by atoms with Crippen molar-refractivity contribution in [3.05, 3.63) is 82.4 Å². The maximum atomic E-state index is 6.43. The molecule has 0 amide bonds. The van der Waals surface area contributed by atoms with Crippen molar-refractivity contribution in [3.8, 4) is 0 Å². The minimum atomic E-state index is 0.110. The predicted octanol–water partition coefficient (Wildman–Crippen LogP) is 4.48. The summed E-state index contributed by atoms with van der Waals surface area (Å²) in [6, 6.07) is 14.2. The Hall–Kier alpha value is -1.93. The number of nitrogens with one attached hydrogen (secondary N) is 2. The van der Waals surface area contributed by atoms with Crippen LogP contribution in [0, 0.1) is 6.92 Å². The van der Waals surface area contributed by atoms with Crippen LogP contribution in [-0.4, -0.2) is 9.97 Å².